The number of non-ortho nitro benzene ring substituents is 1. The minimum atomic E-state index is -0.499. The topological polar surface area (TPSA) is 114 Å². The summed E-state index contributed by atoms with van der Waals surface area (Å²) in [7, 11) is 0. The largest absolute Gasteiger partial charge is 0.322 e. The number of halogens is 2. The monoisotopic (exact) mass is 484 g/mol. The number of rotatable bonds is 7. The Kier molecular flexibility index (Phi) is 7.76. The molecular formula is C23H18Cl2N4O4. The summed E-state index contributed by atoms with van der Waals surface area (Å²) in [5.74, 6) is -0.722. The Morgan fingerprint density at radius 2 is 1.67 bits per heavy atom. The number of nitrogens with one attached hydrogen (secondary N) is 2. The second-order valence-electron chi connectivity index (χ2n) is 6.99. The maximum absolute atomic E-state index is 12.4. The summed E-state index contributed by atoms with van der Waals surface area (Å²) in [6.45, 7) is 1.73. The average Bonchev–Trinajstić information content (AvgIpc) is 2.78. The van der Waals surface area contributed by atoms with E-state index in [1.807, 2.05) is 0 Å². The van der Waals surface area contributed by atoms with Crippen LogP contribution < -0.4 is 10.7 Å². The average molecular weight is 485 g/mol. The van der Waals surface area contributed by atoms with E-state index >= 15 is 0 Å². The lowest BCUT2D eigenvalue weighted by molar-refractivity contribution is -0.384. The van der Waals surface area contributed by atoms with Crippen LogP contribution in [-0.4, -0.2) is 22.4 Å². The molecule has 3 aromatic rings. The summed E-state index contributed by atoms with van der Waals surface area (Å²) in [6.07, 6.45) is 0.0347. The highest BCUT2D eigenvalue weighted by Crippen LogP contribution is 2.22. The van der Waals surface area contributed by atoms with Gasteiger partial charge in [-0.15, -0.1) is 0 Å². The molecule has 0 unspecified atom stereocenters. The molecule has 0 saturated heterocycles. The number of hydrogen-bond donors (Lipinski definition) is 2. The number of hydrogen-bond acceptors (Lipinski definition) is 5. The normalized spacial score (nSPS) is 11.1. The Labute approximate surface area is 199 Å². The lowest BCUT2D eigenvalue weighted by Gasteiger charge is -2.08. The van der Waals surface area contributed by atoms with E-state index in [1.165, 1.54) is 30.3 Å². The molecule has 0 aliphatic rings. The summed E-state index contributed by atoms with van der Waals surface area (Å²) < 4.78 is 0. The zero-order valence-electron chi connectivity index (χ0n) is 17.3. The second kappa shape index (κ2) is 10.7. The van der Waals surface area contributed by atoms with Gasteiger partial charge in [-0.25, -0.2) is 5.43 Å². The standard InChI is InChI=1S/C23H18Cl2N4O4/c1-14(27-28-22(30)12-15-2-9-19(10-3-15)29(32)33)16-4-7-18(8-5-16)26-23(31)20-11-6-17(24)13-21(20)25/h2-11,13H,12H2,1H3,(H,26,31)(H,28,30). The molecule has 0 aliphatic carbocycles. The number of anilines is 1. The minimum absolute atomic E-state index is 0.0347. The molecule has 168 valence electrons. The number of nitrogens with zero attached hydrogens (tertiary/aromatic N) is 2. The molecule has 3 rings (SSSR count). The Morgan fingerprint density at radius 1 is 1.00 bits per heavy atom. The van der Waals surface area contributed by atoms with Crippen LogP contribution in [0.5, 0.6) is 0 Å². The molecule has 8 nitrogen and oxygen atoms in total. The summed E-state index contributed by atoms with van der Waals surface area (Å²) >= 11 is 11.9. The Bertz CT molecular complexity index is 1230. The molecule has 0 heterocycles. The second-order valence-corrected chi connectivity index (χ2v) is 7.83. The van der Waals surface area contributed by atoms with Crippen molar-refractivity contribution in [3.63, 3.8) is 0 Å². The summed E-state index contributed by atoms with van der Waals surface area (Å²) in [4.78, 5) is 34.7. The SMILES string of the molecule is CC(=NNC(=O)Cc1ccc([N+](=O)[O-])cc1)c1ccc(NC(=O)c2ccc(Cl)cc2Cl)cc1. The van der Waals surface area contributed by atoms with E-state index < -0.39 is 4.92 Å². The van der Waals surface area contributed by atoms with Gasteiger partial charge in [-0.2, -0.15) is 5.10 Å². The zero-order valence-corrected chi connectivity index (χ0v) is 18.9. The summed E-state index contributed by atoms with van der Waals surface area (Å²) in [6, 6.07) is 17.3. The molecular weight excluding hydrogens is 467 g/mol. The van der Waals surface area contributed by atoms with E-state index in [4.69, 9.17) is 23.2 Å². The van der Waals surface area contributed by atoms with E-state index in [1.54, 1.807) is 43.3 Å². The van der Waals surface area contributed by atoms with Gasteiger partial charge in [-0.1, -0.05) is 47.5 Å². The Hall–Kier alpha value is -3.75. The molecule has 0 spiro atoms. The van der Waals surface area contributed by atoms with Crippen molar-refractivity contribution >= 4 is 52.1 Å². The van der Waals surface area contributed by atoms with Crippen molar-refractivity contribution in [3.8, 4) is 0 Å². The molecule has 0 atom stereocenters. The fourth-order valence-corrected chi connectivity index (χ4v) is 3.33. The van der Waals surface area contributed by atoms with Gasteiger partial charge < -0.3 is 5.32 Å². The van der Waals surface area contributed by atoms with Crippen LogP contribution in [0.3, 0.4) is 0 Å². The minimum Gasteiger partial charge on any atom is -0.322 e. The molecule has 0 radical (unpaired) electrons. The van der Waals surface area contributed by atoms with Crippen LogP contribution in [0.2, 0.25) is 10.0 Å². The summed E-state index contributed by atoms with van der Waals surface area (Å²) in [5, 5.41) is 18.2. The number of carbonyl (C=O) groups is 2. The van der Waals surface area contributed by atoms with Crippen LogP contribution in [0, 0.1) is 10.1 Å². The van der Waals surface area contributed by atoms with Gasteiger partial charge in [0.05, 0.1) is 27.6 Å². The van der Waals surface area contributed by atoms with E-state index in [9.17, 15) is 19.7 Å². The first-order valence-electron chi connectivity index (χ1n) is 9.66. The van der Waals surface area contributed by atoms with Gasteiger partial charge in [0, 0.05) is 22.8 Å². The zero-order chi connectivity index (χ0) is 24.0. The first kappa shape index (κ1) is 23.9. The lowest BCUT2D eigenvalue weighted by Crippen LogP contribution is -2.21. The number of nitro benzene ring substituents is 1. The van der Waals surface area contributed by atoms with Gasteiger partial charge in [-0.05, 0) is 48.4 Å². The highest BCUT2D eigenvalue weighted by Gasteiger charge is 2.11. The quantitative estimate of drug-likeness (QED) is 0.271. The molecule has 3 aromatic carbocycles. The molecule has 0 saturated carbocycles. The molecule has 2 amide bonds. The van der Waals surface area contributed by atoms with Gasteiger partial charge >= 0.3 is 0 Å². The third-order valence-corrected chi connectivity index (χ3v) is 5.14. The highest BCUT2D eigenvalue weighted by molar-refractivity contribution is 6.37. The van der Waals surface area contributed by atoms with Crippen LogP contribution in [0.1, 0.15) is 28.4 Å². The van der Waals surface area contributed by atoms with Gasteiger partial charge in [0.15, 0.2) is 0 Å². The van der Waals surface area contributed by atoms with Crippen LogP contribution in [0.4, 0.5) is 11.4 Å². The van der Waals surface area contributed by atoms with Crippen molar-refractivity contribution in [1.29, 1.82) is 0 Å². The van der Waals surface area contributed by atoms with E-state index in [0.29, 0.717) is 27.5 Å². The highest BCUT2D eigenvalue weighted by atomic mass is 35.5. The van der Waals surface area contributed by atoms with E-state index in [0.717, 1.165) is 5.56 Å². The van der Waals surface area contributed by atoms with Crippen LogP contribution in [-0.2, 0) is 11.2 Å². The predicted molar refractivity (Wildman–Crippen MR) is 128 cm³/mol. The van der Waals surface area contributed by atoms with Gasteiger partial charge in [0.25, 0.3) is 11.6 Å². The van der Waals surface area contributed by atoms with Crippen LogP contribution >= 0.6 is 23.2 Å². The van der Waals surface area contributed by atoms with Gasteiger partial charge in [-0.3, -0.25) is 19.7 Å². The van der Waals surface area contributed by atoms with Gasteiger partial charge in [0.2, 0.25) is 5.91 Å². The molecule has 0 fully saturated rings. The first-order chi connectivity index (χ1) is 15.7. The Morgan fingerprint density at radius 3 is 2.27 bits per heavy atom. The van der Waals surface area contributed by atoms with Crippen LogP contribution in [0.25, 0.3) is 0 Å². The van der Waals surface area contributed by atoms with Crippen molar-refractivity contribution in [3.05, 3.63) is 104 Å². The third kappa shape index (κ3) is 6.61. The number of hydrazone groups is 1. The molecule has 0 bridgehead atoms. The smallest absolute Gasteiger partial charge is 0.269 e. The van der Waals surface area contributed by atoms with Crippen molar-refractivity contribution < 1.29 is 14.5 Å². The first-order valence-corrected chi connectivity index (χ1v) is 10.4. The Balaban J connectivity index is 1.57. The molecule has 0 aromatic heterocycles. The van der Waals surface area contributed by atoms with Crippen molar-refractivity contribution in [2.45, 2.75) is 13.3 Å². The van der Waals surface area contributed by atoms with E-state index in [-0.39, 0.29) is 28.9 Å². The number of benzene rings is 3. The maximum Gasteiger partial charge on any atom is 0.269 e. The fourth-order valence-electron chi connectivity index (χ4n) is 2.84. The van der Waals surface area contributed by atoms with Crippen molar-refractivity contribution in [1.82, 2.24) is 5.43 Å². The predicted octanol–water partition coefficient (Wildman–Crippen LogP) is 5.24. The number of nitro groups is 1. The molecule has 10 heteroatoms. The fraction of sp³-hybridized carbons (Fsp3) is 0.0870. The summed E-state index contributed by atoms with van der Waals surface area (Å²) in [5.41, 5.74) is 5.23. The molecule has 0 aliphatic heterocycles. The number of carbonyl (C=O) groups excluding carboxylic acids is 2. The lowest BCUT2D eigenvalue weighted by atomic mass is 10.1. The maximum atomic E-state index is 12.4. The molecule has 33 heavy (non-hydrogen) atoms. The van der Waals surface area contributed by atoms with Gasteiger partial charge in [0.1, 0.15) is 0 Å². The number of amides is 2. The molecule has 2 N–H and O–H groups in total. The van der Waals surface area contributed by atoms with E-state index in [2.05, 4.69) is 15.8 Å². The third-order valence-electron chi connectivity index (χ3n) is 4.60. The van der Waals surface area contributed by atoms with Crippen LogP contribution in [0.15, 0.2) is 71.8 Å². The van der Waals surface area contributed by atoms with Crippen molar-refractivity contribution in [2.24, 2.45) is 5.10 Å². The van der Waals surface area contributed by atoms with Crippen molar-refractivity contribution in [2.75, 3.05) is 5.32 Å².